The number of nitrogens with zero attached hydrogens (tertiary/aromatic N) is 1. The van der Waals surface area contributed by atoms with E-state index in [1.54, 1.807) is 6.07 Å². The Kier molecular flexibility index (Phi) is 4.52. The van der Waals surface area contributed by atoms with Crippen molar-refractivity contribution in [3.63, 3.8) is 0 Å². The standard InChI is InChI=1S/C13H18N2O3/c16-11-5-3-7-14-12(11)13(17)15-8-6-10-4-1-2-9-18-10/h3,5,7,10,16H,1-2,4,6,8-9H2,(H,15,17). The van der Waals surface area contributed by atoms with Gasteiger partial charge in [-0.2, -0.15) is 0 Å². The van der Waals surface area contributed by atoms with Gasteiger partial charge in [0.05, 0.1) is 6.10 Å². The van der Waals surface area contributed by atoms with Crippen LogP contribution in [0, 0.1) is 0 Å². The van der Waals surface area contributed by atoms with E-state index in [0.717, 1.165) is 25.9 Å². The lowest BCUT2D eigenvalue weighted by Crippen LogP contribution is -2.29. The van der Waals surface area contributed by atoms with Gasteiger partial charge in [0.15, 0.2) is 5.69 Å². The van der Waals surface area contributed by atoms with Crippen LogP contribution < -0.4 is 5.32 Å². The van der Waals surface area contributed by atoms with E-state index in [0.29, 0.717) is 6.54 Å². The van der Waals surface area contributed by atoms with Gasteiger partial charge in [0, 0.05) is 19.3 Å². The van der Waals surface area contributed by atoms with Crippen molar-refractivity contribution in [2.45, 2.75) is 31.8 Å². The van der Waals surface area contributed by atoms with Gasteiger partial charge in [-0.05, 0) is 37.8 Å². The van der Waals surface area contributed by atoms with Crippen molar-refractivity contribution in [2.24, 2.45) is 0 Å². The van der Waals surface area contributed by atoms with Gasteiger partial charge in [-0.15, -0.1) is 0 Å². The Morgan fingerprint density at radius 1 is 1.56 bits per heavy atom. The smallest absolute Gasteiger partial charge is 0.273 e. The van der Waals surface area contributed by atoms with Crippen LogP contribution in [-0.2, 0) is 4.74 Å². The molecule has 98 valence electrons. The summed E-state index contributed by atoms with van der Waals surface area (Å²) in [6.45, 7) is 1.36. The molecule has 0 aliphatic carbocycles. The summed E-state index contributed by atoms with van der Waals surface area (Å²) in [5, 5.41) is 12.2. The van der Waals surface area contributed by atoms with E-state index >= 15 is 0 Å². The van der Waals surface area contributed by atoms with Gasteiger partial charge in [0.2, 0.25) is 0 Å². The maximum Gasteiger partial charge on any atom is 0.273 e. The Hall–Kier alpha value is -1.62. The Morgan fingerprint density at radius 3 is 3.17 bits per heavy atom. The third-order valence-electron chi connectivity index (χ3n) is 3.03. The molecule has 0 bridgehead atoms. The summed E-state index contributed by atoms with van der Waals surface area (Å²) in [4.78, 5) is 15.6. The minimum atomic E-state index is -0.344. The van der Waals surface area contributed by atoms with Gasteiger partial charge < -0.3 is 15.2 Å². The van der Waals surface area contributed by atoms with Gasteiger partial charge in [0.25, 0.3) is 5.91 Å². The average Bonchev–Trinajstić information content (AvgIpc) is 2.40. The van der Waals surface area contributed by atoms with Crippen molar-refractivity contribution >= 4 is 5.91 Å². The Bertz CT molecular complexity index is 403. The first-order chi connectivity index (χ1) is 8.77. The number of amides is 1. The molecule has 2 rings (SSSR count). The van der Waals surface area contributed by atoms with Crippen molar-refractivity contribution in [1.29, 1.82) is 0 Å². The van der Waals surface area contributed by atoms with Crippen LogP contribution in [0.25, 0.3) is 0 Å². The molecule has 0 saturated carbocycles. The second-order valence-electron chi connectivity index (χ2n) is 4.40. The molecule has 5 nitrogen and oxygen atoms in total. The molecule has 1 fully saturated rings. The molecule has 1 saturated heterocycles. The number of carbonyl (C=O) groups is 1. The number of hydrogen-bond donors (Lipinski definition) is 2. The summed E-state index contributed by atoms with van der Waals surface area (Å²) in [5.74, 6) is -0.437. The van der Waals surface area contributed by atoms with Crippen molar-refractivity contribution in [3.05, 3.63) is 24.0 Å². The first-order valence-corrected chi connectivity index (χ1v) is 6.31. The van der Waals surface area contributed by atoms with Crippen LogP contribution in [0.4, 0.5) is 0 Å². The van der Waals surface area contributed by atoms with Gasteiger partial charge >= 0.3 is 0 Å². The number of ether oxygens (including phenoxy) is 1. The van der Waals surface area contributed by atoms with Gasteiger partial charge in [-0.25, -0.2) is 4.98 Å². The zero-order valence-electron chi connectivity index (χ0n) is 10.3. The number of aromatic nitrogens is 1. The fourth-order valence-electron chi connectivity index (χ4n) is 2.04. The predicted molar refractivity (Wildman–Crippen MR) is 66.4 cm³/mol. The summed E-state index contributed by atoms with van der Waals surface area (Å²) < 4.78 is 5.57. The lowest BCUT2D eigenvalue weighted by Gasteiger charge is -2.22. The Balaban J connectivity index is 1.76. The van der Waals surface area contributed by atoms with Crippen LogP contribution in [0.2, 0.25) is 0 Å². The third-order valence-corrected chi connectivity index (χ3v) is 3.03. The van der Waals surface area contributed by atoms with Crippen LogP contribution in [0.15, 0.2) is 18.3 Å². The molecule has 1 aliphatic rings. The molecular formula is C13H18N2O3. The molecule has 1 unspecified atom stereocenters. The minimum absolute atomic E-state index is 0.0714. The lowest BCUT2D eigenvalue weighted by atomic mass is 10.1. The van der Waals surface area contributed by atoms with Crippen LogP contribution in [0.1, 0.15) is 36.2 Å². The van der Waals surface area contributed by atoms with E-state index in [9.17, 15) is 9.90 Å². The number of pyridine rings is 1. The second kappa shape index (κ2) is 6.35. The lowest BCUT2D eigenvalue weighted by molar-refractivity contribution is 0.0117. The average molecular weight is 250 g/mol. The van der Waals surface area contributed by atoms with E-state index < -0.39 is 0 Å². The first-order valence-electron chi connectivity index (χ1n) is 6.31. The van der Waals surface area contributed by atoms with E-state index in [-0.39, 0.29) is 23.5 Å². The fourth-order valence-corrected chi connectivity index (χ4v) is 2.04. The van der Waals surface area contributed by atoms with E-state index in [1.807, 2.05) is 0 Å². The number of hydrogen-bond acceptors (Lipinski definition) is 4. The fraction of sp³-hybridized carbons (Fsp3) is 0.538. The molecular weight excluding hydrogens is 232 g/mol. The molecule has 1 amide bonds. The monoisotopic (exact) mass is 250 g/mol. The predicted octanol–water partition coefficient (Wildman–Crippen LogP) is 1.48. The van der Waals surface area contributed by atoms with Gasteiger partial charge in [-0.3, -0.25) is 4.79 Å². The zero-order valence-corrected chi connectivity index (χ0v) is 10.3. The zero-order chi connectivity index (χ0) is 12.8. The minimum Gasteiger partial charge on any atom is -0.505 e. The van der Waals surface area contributed by atoms with E-state index in [2.05, 4.69) is 10.3 Å². The highest BCUT2D eigenvalue weighted by Crippen LogP contribution is 2.15. The Labute approximate surface area is 106 Å². The molecule has 2 heterocycles. The van der Waals surface area contributed by atoms with Crippen LogP contribution in [0.5, 0.6) is 5.75 Å². The molecule has 1 aromatic heterocycles. The molecule has 0 spiro atoms. The van der Waals surface area contributed by atoms with E-state index in [1.165, 1.54) is 18.7 Å². The van der Waals surface area contributed by atoms with Crippen molar-refractivity contribution < 1.29 is 14.6 Å². The number of nitrogens with one attached hydrogen (secondary N) is 1. The third kappa shape index (κ3) is 3.43. The summed E-state index contributed by atoms with van der Waals surface area (Å²) in [6.07, 6.45) is 5.92. The maximum atomic E-state index is 11.7. The molecule has 1 atom stereocenters. The summed E-state index contributed by atoms with van der Waals surface area (Å²) >= 11 is 0. The molecule has 0 radical (unpaired) electrons. The number of carbonyl (C=O) groups excluding carboxylic acids is 1. The quantitative estimate of drug-likeness (QED) is 0.849. The Morgan fingerprint density at radius 2 is 2.44 bits per heavy atom. The van der Waals surface area contributed by atoms with Crippen LogP contribution >= 0.6 is 0 Å². The van der Waals surface area contributed by atoms with Crippen LogP contribution in [-0.4, -0.2) is 35.3 Å². The van der Waals surface area contributed by atoms with Gasteiger partial charge in [0.1, 0.15) is 5.75 Å². The highest BCUT2D eigenvalue weighted by atomic mass is 16.5. The molecule has 0 aromatic carbocycles. The maximum absolute atomic E-state index is 11.7. The normalized spacial score (nSPS) is 19.4. The molecule has 5 heteroatoms. The molecule has 1 aromatic rings. The van der Waals surface area contributed by atoms with Crippen molar-refractivity contribution in [2.75, 3.05) is 13.2 Å². The first kappa shape index (κ1) is 12.8. The van der Waals surface area contributed by atoms with Gasteiger partial charge in [-0.1, -0.05) is 0 Å². The summed E-state index contributed by atoms with van der Waals surface area (Å²) in [7, 11) is 0. The SMILES string of the molecule is O=C(NCCC1CCCCO1)c1ncccc1O. The summed E-state index contributed by atoms with van der Waals surface area (Å²) in [6, 6.07) is 3.04. The molecule has 2 N–H and O–H groups in total. The molecule has 1 aliphatic heterocycles. The van der Waals surface area contributed by atoms with E-state index in [4.69, 9.17) is 4.74 Å². The highest BCUT2D eigenvalue weighted by Gasteiger charge is 2.15. The topological polar surface area (TPSA) is 71.5 Å². The summed E-state index contributed by atoms with van der Waals surface area (Å²) in [5.41, 5.74) is 0.0714. The molecule has 18 heavy (non-hydrogen) atoms. The highest BCUT2D eigenvalue weighted by molar-refractivity contribution is 5.94. The van der Waals surface area contributed by atoms with Crippen molar-refractivity contribution in [3.8, 4) is 5.75 Å². The number of rotatable bonds is 4. The number of aromatic hydroxyl groups is 1. The largest absolute Gasteiger partial charge is 0.505 e. The van der Waals surface area contributed by atoms with Crippen LogP contribution in [0.3, 0.4) is 0 Å². The van der Waals surface area contributed by atoms with Crippen molar-refractivity contribution in [1.82, 2.24) is 10.3 Å². The second-order valence-corrected chi connectivity index (χ2v) is 4.40.